The fourth-order valence-corrected chi connectivity index (χ4v) is 0.279. The van der Waals surface area contributed by atoms with E-state index in [1.165, 1.54) is 0 Å². The van der Waals surface area contributed by atoms with Crippen LogP contribution in [0.5, 0.6) is 0 Å². The summed E-state index contributed by atoms with van der Waals surface area (Å²) in [4.78, 5) is 4.41. The van der Waals surface area contributed by atoms with Gasteiger partial charge in [0.25, 0.3) is 0 Å². The minimum Gasteiger partial charge on any atom is -0.330 e. The lowest BCUT2D eigenvalue weighted by Crippen LogP contribution is -2.05. The van der Waals surface area contributed by atoms with Crippen LogP contribution >= 0.6 is 0 Å². The van der Waals surface area contributed by atoms with Crippen molar-refractivity contribution in [1.82, 2.24) is 0 Å². The van der Waals surface area contributed by atoms with E-state index < -0.39 is 0 Å². The molecule has 5 nitrogen and oxygen atoms in total. The van der Waals surface area contributed by atoms with Gasteiger partial charge in [0.1, 0.15) is 0 Å². The van der Waals surface area contributed by atoms with E-state index in [1.807, 2.05) is 0 Å². The first-order chi connectivity index (χ1) is 4.41. The summed E-state index contributed by atoms with van der Waals surface area (Å²) in [6.07, 6.45) is 0.741. The van der Waals surface area contributed by atoms with Crippen LogP contribution in [0.2, 0.25) is 0 Å². The molecule has 0 atom stereocenters. The SMILES string of the molecule is NCCCOOOO[SiH3]. The summed E-state index contributed by atoms with van der Waals surface area (Å²) in [6, 6.07) is 0. The summed E-state index contributed by atoms with van der Waals surface area (Å²) in [6.45, 7) is 0.993. The molecular weight excluding hydrogens is 142 g/mol. The molecule has 0 aromatic heterocycles. The minimum absolute atomic E-state index is 0.418. The first-order valence-corrected chi connectivity index (χ1v) is 3.42. The molecule has 56 valence electrons. The molecule has 0 amide bonds. The van der Waals surface area contributed by atoms with Crippen molar-refractivity contribution in [2.24, 2.45) is 5.73 Å². The fraction of sp³-hybridized carbons (Fsp3) is 1.00. The standard InChI is InChI=1S/C3H11NO4Si/c4-2-1-3-5-6-7-8-9/h1-4H2,9H3. The Balaban J connectivity index is 2.60. The second-order valence-electron chi connectivity index (χ2n) is 1.27. The Morgan fingerprint density at radius 1 is 1.33 bits per heavy atom. The summed E-state index contributed by atoms with van der Waals surface area (Å²) in [5.74, 6) is 0. The molecule has 9 heavy (non-hydrogen) atoms. The maximum Gasteiger partial charge on any atom is 0.197 e. The van der Waals surface area contributed by atoms with Gasteiger partial charge in [0.05, 0.1) is 6.61 Å². The number of rotatable bonds is 6. The molecule has 0 bridgehead atoms. The van der Waals surface area contributed by atoms with Crippen LogP contribution < -0.4 is 5.73 Å². The van der Waals surface area contributed by atoms with Crippen LogP contribution in [0.4, 0.5) is 0 Å². The van der Waals surface area contributed by atoms with Crippen LogP contribution in [0, 0.1) is 0 Å². The average Bonchev–Trinajstić information content (AvgIpc) is 1.89. The van der Waals surface area contributed by atoms with Gasteiger partial charge >= 0.3 is 0 Å². The van der Waals surface area contributed by atoms with Crippen LogP contribution in [0.3, 0.4) is 0 Å². The molecule has 2 N–H and O–H groups in total. The summed E-state index contributed by atoms with van der Waals surface area (Å²) >= 11 is 0. The third kappa shape index (κ3) is 8.02. The molecule has 0 heterocycles. The molecule has 0 rings (SSSR count). The molecule has 0 spiro atoms. The molecule has 0 saturated heterocycles. The zero-order chi connectivity index (χ0) is 6.95. The maximum atomic E-state index is 5.14. The van der Waals surface area contributed by atoms with Crippen LogP contribution in [0.25, 0.3) is 0 Å². The molecule has 0 aromatic rings. The molecule has 0 aromatic carbocycles. The van der Waals surface area contributed by atoms with E-state index in [9.17, 15) is 0 Å². The lowest BCUT2D eigenvalue weighted by atomic mass is 10.5. The summed E-state index contributed by atoms with van der Waals surface area (Å²) in [5.41, 5.74) is 5.14. The highest BCUT2D eigenvalue weighted by Gasteiger charge is 1.85. The van der Waals surface area contributed by atoms with Crippen molar-refractivity contribution in [3.8, 4) is 0 Å². The molecule has 0 aliphatic heterocycles. The van der Waals surface area contributed by atoms with E-state index in [2.05, 4.69) is 19.5 Å². The van der Waals surface area contributed by atoms with Gasteiger partial charge in [0.15, 0.2) is 10.5 Å². The highest BCUT2D eigenvalue weighted by molar-refractivity contribution is 5.97. The molecule has 0 fully saturated rings. The van der Waals surface area contributed by atoms with E-state index in [-0.39, 0.29) is 0 Å². The van der Waals surface area contributed by atoms with Crippen molar-refractivity contribution in [2.45, 2.75) is 6.42 Å². The van der Waals surface area contributed by atoms with Crippen molar-refractivity contribution in [3.63, 3.8) is 0 Å². The number of nitrogens with two attached hydrogens (primary N) is 1. The van der Waals surface area contributed by atoms with Crippen LogP contribution in [0.1, 0.15) is 6.42 Å². The average molecular weight is 153 g/mol. The zero-order valence-electron chi connectivity index (χ0n) is 5.33. The minimum atomic E-state index is 0.418. The van der Waals surface area contributed by atoms with Crippen molar-refractivity contribution < 1.29 is 19.5 Å². The van der Waals surface area contributed by atoms with Gasteiger partial charge in [-0.1, -0.05) is 0 Å². The highest BCUT2D eigenvalue weighted by atomic mass is 28.2. The first kappa shape index (κ1) is 9.02. The largest absolute Gasteiger partial charge is 0.330 e. The maximum absolute atomic E-state index is 5.14. The third-order valence-electron chi connectivity index (χ3n) is 0.576. The van der Waals surface area contributed by atoms with Crippen molar-refractivity contribution in [1.29, 1.82) is 0 Å². The van der Waals surface area contributed by atoms with E-state index in [0.717, 1.165) is 6.42 Å². The summed E-state index contributed by atoms with van der Waals surface area (Å²) < 4.78 is 4.18. The van der Waals surface area contributed by atoms with Gasteiger partial charge in [-0.2, -0.15) is 0 Å². The van der Waals surface area contributed by atoms with Gasteiger partial charge in [0, 0.05) is 0 Å². The summed E-state index contributed by atoms with van der Waals surface area (Å²) in [5, 5.41) is 8.02. The molecule has 0 unspecified atom stereocenters. The highest BCUT2D eigenvalue weighted by Crippen LogP contribution is 1.82. The normalized spacial score (nSPS) is 10.3. The van der Waals surface area contributed by atoms with E-state index in [1.54, 1.807) is 0 Å². The number of hydrogen-bond donors (Lipinski definition) is 1. The molecule has 0 saturated carbocycles. The fourth-order valence-electron chi connectivity index (χ4n) is 0.224. The Hall–Kier alpha value is 0.0169. The Morgan fingerprint density at radius 2 is 2.11 bits per heavy atom. The molecule has 0 aliphatic rings. The van der Waals surface area contributed by atoms with Gasteiger partial charge < -0.3 is 5.73 Å². The van der Waals surface area contributed by atoms with Crippen LogP contribution in [0.15, 0.2) is 0 Å². The second kappa shape index (κ2) is 8.02. The Labute approximate surface area is 56.3 Å². The predicted molar refractivity (Wildman–Crippen MR) is 32.8 cm³/mol. The molecule has 0 radical (unpaired) electrons. The first-order valence-electron chi connectivity index (χ1n) is 2.61. The van der Waals surface area contributed by atoms with Gasteiger partial charge in [0.2, 0.25) is 0 Å². The Bertz CT molecular complexity index is 49.1. The van der Waals surface area contributed by atoms with Gasteiger partial charge in [-0.3, -0.25) is 4.58 Å². The lowest BCUT2D eigenvalue weighted by molar-refractivity contribution is -0.608. The van der Waals surface area contributed by atoms with E-state index >= 15 is 0 Å². The topological polar surface area (TPSA) is 62.9 Å². The zero-order valence-corrected chi connectivity index (χ0v) is 7.33. The van der Waals surface area contributed by atoms with E-state index in [0.29, 0.717) is 23.6 Å². The van der Waals surface area contributed by atoms with Crippen molar-refractivity contribution >= 4 is 10.5 Å². The molecule has 0 aliphatic carbocycles. The smallest absolute Gasteiger partial charge is 0.197 e. The predicted octanol–water partition coefficient (Wildman–Crippen LogP) is -1.57. The van der Waals surface area contributed by atoms with Gasteiger partial charge in [-0.15, -0.1) is 0 Å². The van der Waals surface area contributed by atoms with Gasteiger partial charge in [-0.25, -0.2) is 4.89 Å². The summed E-state index contributed by atoms with van der Waals surface area (Å²) in [7, 11) is 0.456. The van der Waals surface area contributed by atoms with Crippen LogP contribution in [-0.2, 0) is 19.5 Å². The second-order valence-corrected chi connectivity index (χ2v) is 1.60. The van der Waals surface area contributed by atoms with Crippen molar-refractivity contribution in [2.75, 3.05) is 13.2 Å². The Morgan fingerprint density at radius 3 is 2.67 bits per heavy atom. The lowest BCUT2D eigenvalue weighted by Gasteiger charge is -1.97. The Kier molecular flexibility index (Phi) is 8.03. The quantitative estimate of drug-likeness (QED) is 0.216. The van der Waals surface area contributed by atoms with Gasteiger partial charge in [-0.05, 0) is 23.0 Å². The molecular formula is C3H11NO4Si. The van der Waals surface area contributed by atoms with Crippen molar-refractivity contribution in [3.05, 3.63) is 0 Å². The number of hydrogen-bond acceptors (Lipinski definition) is 5. The monoisotopic (exact) mass is 153 g/mol. The van der Waals surface area contributed by atoms with Crippen LogP contribution in [-0.4, -0.2) is 23.6 Å². The van der Waals surface area contributed by atoms with E-state index in [4.69, 9.17) is 5.73 Å². The third-order valence-corrected chi connectivity index (χ3v) is 0.712. The molecule has 6 heteroatoms.